The van der Waals surface area contributed by atoms with Gasteiger partial charge in [0.2, 0.25) is 0 Å². The minimum atomic E-state index is -0.299. The van der Waals surface area contributed by atoms with Crippen LogP contribution in [-0.2, 0) is 16.0 Å². The highest BCUT2D eigenvalue weighted by Gasteiger charge is 2.15. The third-order valence-electron chi connectivity index (χ3n) is 3.21. The normalized spacial score (nSPS) is 19.1. The van der Waals surface area contributed by atoms with Gasteiger partial charge in [-0.3, -0.25) is 0 Å². The first-order valence-corrected chi connectivity index (χ1v) is 6.38. The second-order valence-corrected chi connectivity index (χ2v) is 4.46. The van der Waals surface area contributed by atoms with Crippen LogP contribution in [0.1, 0.15) is 35.3 Å². The molecular formula is C13H20N2O3. The minimum absolute atomic E-state index is 0.299. The van der Waals surface area contributed by atoms with E-state index in [9.17, 15) is 4.79 Å². The van der Waals surface area contributed by atoms with Crippen molar-refractivity contribution < 1.29 is 14.3 Å². The molecule has 1 aromatic heterocycles. The lowest BCUT2D eigenvalue weighted by Crippen LogP contribution is -2.21. The van der Waals surface area contributed by atoms with Gasteiger partial charge in [-0.25, -0.2) is 4.79 Å². The number of nitrogens with one attached hydrogen (secondary N) is 2. The Hall–Kier alpha value is -1.33. The topological polar surface area (TPSA) is 63.4 Å². The number of esters is 1. The van der Waals surface area contributed by atoms with Gasteiger partial charge in [-0.2, -0.15) is 0 Å². The lowest BCUT2D eigenvalue weighted by molar-refractivity contribution is 0.0599. The predicted molar refractivity (Wildman–Crippen MR) is 67.4 cm³/mol. The smallest absolute Gasteiger partial charge is 0.339 e. The number of aromatic nitrogens is 1. The number of rotatable bonds is 6. The zero-order valence-corrected chi connectivity index (χ0v) is 10.7. The van der Waals surface area contributed by atoms with Crippen LogP contribution in [0.2, 0.25) is 0 Å². The van der Waals surface area contributed by atoms with Gasteiger partial charge in [-0.05, 0) is 31.9 Å². The van der Waals surface area contributed by atoms with Crippen molar-refractivity contribution >= 4 is 5.97 Å². The third-order valence-corrected chi connectivity index (χ3v) is 3.21. The Bertz CT molecular complexity index is 383. The number of hydrogen-bond acceptors (Lipinski definition) is 4. The molecule has 2 N–H and O–H groups in total. The fraction of sp³-hybridized carbons (Fsp3) is 0.615. The summed E-state index contributed by atoms with van der Waals surface area (Å²) >= 11 is 0. The number of H-pyrrole nitrogens is 1. The number of carbonyl (C=O) groups is 1. The molecule has 0 bridgehead atoms. The molecule has 5 nitrogen and oxygen atoms in total. The summed E-state index contributed by atoms with van der Waals surface area (Å²) in [5, 5.41) is 3.32. The van der Waals surface area contributed by atoms with Gasteiger partial charge in [0.15, 0.2) is 0 Å². The Morgan fingerprint density at radius 3 is 3.28 bits per heavy atom. The van der Waals surface area contributed by atoms with Gasteiger partial charge in [0, 0.05) is 25.0 Å². The molecule has 1 aliphatic rings. The highest BCUT2D eigenvalue weighted by molar-refractivity contribution is 5.90. The fourth-order valence-electron chi connectivity index (χ4n) is 2.20. The van der Waals surface area contributed by atoms with Crippen molar-refractivity contribution in [2.75, 3.05) is 20.3 Å². The molecule has 2 heterocycles. The van der Waals surface area contributed by atoms with Crippen LogP contribution in [0.15, 0.2) is 12.3 Å². The summed E-state index contributed by atoms with van der Waals surface area (Å²) in [6.45, 7) is 2.43. The zero-order chi connectivity index (χ0) is 12.8. The average Bonchev–Trinajstić information content (AvgIpc) is 3.04. The maximum absolute atomic E-state index is 11.4. The third kappa shape index (κ3) is 3.34. The first-order valence-electron chi connectivity index (χ1n) is 6.38. The average molecular weight is 252 g/mol. The molecule has 5 heteroatoms. The van der Waals surface area contributed by atoms with E-state index in [1.165, 1.54) is 13.5 Å². The van der Waals surface area contributed by atoms with Crippen molar-refractivity contribution in [3.63, 3.8) is 0 Å². The summed E-state index contributed by atoms with van der Waals surface area (Å²) in [5.41, 5.74) is 1.47. The first-order chi connectivity index (χ1) is 8.81. The lowest BCUT2D eigenvalue weighted by atomic mass is 10.2. The molecule has 100 valence electrons. The van der Waals surface area contributed by atoms with E-state index in [4.69, 9.17) is 9.47 Å². The quantitative estimate of drug-likeness (QED) is 0.594. The Morgan fingerprint density at radius 1 is 1.67 bits per heavy atom. The number of aromatic amines is 1. The van der Waals surface area contributed by atoms with E-state index < -0.39 is 0 Å². The molecule has 0 saturated carbocycles. The molecule has 1 fully saturated rings. The van der Waals surface area contributed by atoms with E-state index in [2.05, 4.69) is 10.3 Å². The summed E-state index contributed by atoms with van der Waals surface area (Å²) in [6.07, 6.45) is 5.52. The molecule has 1 atom stereocenters. The van der Waals surface area contributed by atoms with Crippen molar-refractivity contribution in [3.05, 3.63) is 23.5 Å². The van der Waals surface area contributed by atoms with Crippen molar-refractivity contribution in [2.24, 2.45) is 0 Å². The maximum Gasteiger partial charge on any atom is 0.339 e. The van der Waals surface area contributed by atoms with Crippen LogP contribution in [-0.4, -0.2) is 37.3 Å². The van der Waals surface area contributed by atoms with E-state index in [-0.39, 0.29) is 5.97 Å². The van der Waals surface area contributed by atoms with Gasteiger partial charge >= 0.3 is 5.97 Å². The van der Waals surface area contributed by atoms with Gasteiger partial charge in [-0.1, -0.05) is 0 Å². The number of hydrogen-bond donors (Lipinski definition) is 2. The van der Waals surface area contributed by atoms with Crippen LogP contribution in [0.4, 0.5) is 0 Å². The van der Waals surface area contributed by atoms with E-state index in [1.54, 1.807) is 12.3 Å². The number of methoxy groups -OCH3 is 1. The summed E-state index contributed by atoms with van der Waals surface area (Å²) in [5.74, 6) is -0.299. The van der Waals surface area contributed by atoms with Crippen molar-refractivity contribution in [2.45, 2.75) is 31.9 Å². The molecule has 1 aromatic rings. The monoisotopic (exact) mass is 252 g/mol. The van der Waals surface area contributed by atoms with Crippen molar-refractivity contribution in [1.82, 2.24) is 10.3 Å². The SMILES string of the molecule is COC(=O)c1cc[nH]c1CNCCC1CCCO1. The Kier molecular flexibility index (Phi) is 4.78. The predicted octanol–water partition coefficient (Wildman–Crippen LogP) is 1.46. The van der Waals surface area contributed by atoms with Gasteiger partial charge in [0.1, 0.15) is 0 Å². The highest BCUT2D eigenvalue weighted by Crippen LogP contribution is 2.14. The molecular weight excluding hydrogens is 232 g/mol. The summed E-state index contributed by atoms with van der Waals surface area (Å²) in [7, 11) is 1.39. The Morgan fingerprint density at radius 2 is 2.56 bits per heavy atom. The van der Waals surface area contributed by atoms with Gasteiger partial charge in [0.25, 0.3) is 0 Å². The van der Waals surface area contributed by atoms with Gasteiger partial charge in [0.05, 0.1) is 18.8 Å². The minimum Gasteiger partial charge on any atom is -0.465 e. The van der Waals surface area contributed by atoms with Crippen LogP contribution in [0.25, 0.3) is 0 Å². The second kappa shape index (κ2) is 6.56. The Balaban J connectivity index is 1.72. The number of ether oxygens (including phenoxy) is 2. The second-order valence-electron chi connectivity index (χ2n) is 4.46. The fourth-order valence-corrected chi connectivity index (χ4v) is 2.20. The summed E-state index contributed by atoms with van der Waals surface area (Å²) < 4.78 is 10.3. The Labute approximate surface area is 107 Å². The first kappa shape index (κ1) is 13.1. The number of carbonyl (C=O) groups excluding carboxylic acids is 1. The molecule has 0 spiro atoms. The largest absolute Gasteiger partial charge is 0.465 e. The summed E-state index contributed by atoms with van der Waals surface area (Å²) in [6, 6.07) is 1.74. The maximum atomic E-state index is 11.4. The summed E-state index contributed by atoms with van der Waals surface area (Å²) in [4.78, 5) is 14.5. The molecule has 0 aliphatic carbocycles. The standard InChI is InChI=1S/C13H20N2O3/c1-17-13(16)11-5-7-15-12(11)9-14-6-4-10-3-2-8-18-10/h5,7,10,14-15H,2-4,6,8-9H2,1H3. The van der Waals surface area contributed by atoms with Crippen LogP contribution < -0.4 is 5.32 Å². The molecule has 0 radical (unpaired) electrons. The van der Waals surface area contributed by atoms with Crippen molar-refractivity contribution in [1.29, 1.82) is 0 Å². The molecule has 2 rings (SSSR count). The zero-order valence-electron chi connectivity index (χ0n) is 10.7. The molecule has 18 heavy (non-hydrogen) atoms. The molecule has 1 unspecified atom stereocenters. The van der Waals surface area contributed by atoms with Gasteiger partial charge < -0.3 is 19.8 Å². The van der Waals surface area contributed by atoms with E-state index in [0.29, 0.717) is 18.2 Å². The van der Waals surface area contributed by atoms with E-state index in [1.807, 2.05) is 0 Å². The van der Waals surface area contributed by atoms with Crippen LogP contribution in [0, 0.1) is 0 Å². The van der Waals surface area contributed by atoms with Crippen LogP contribution >= 0.6 is 0 Å². The van der Waals surface area contributed by atoms with Crippen molar-refractivity contribution in [3.8, 4) is 0 Å². The van der Waals surface area contributed by atoms with E-state index >= 15 is 0 Å². The molecule has 1 saturated heterocycles. The van der Waals surface area contributed by atoms with Crippen LogP contribution in [0.5, 0.6) is 0 Å². The highest BCUT2D eigenvalue weighted by atomic mass is 16.5. The molecule has 1 aliphatic heterocycles. The molecule has 0 aromatic carbocycles. The lowest BCUT2D eigenvalue weighted by Gasteiger charge is -2.10. The van der Waals surface area contributed by atoms with Gasteiger partial charge in [-0.15, -0.1) is 0 Å². The van der Waals surface area contributed by atoms with Crippen LogP contribution in [0.3, 0.4) is 0 Å². The van der Waals surface area contributed by atoms with E-state index in [0.717, 1.165) is 31.7 Å². The molecule has 0 amide bonds.